The Morgan fingerprint density at radius 1 is 1.40 bits per heavy atom. The quantitative estimate of drug-likeness (QED) is 0.822. The molecule has 7 heteroatoms. The highest BCUT2D eigenvalue weighted by molar-refractivity contribution is 7.89. The number of ether oxygens (including phenoxy) is 1. The fourth-order valence-electron chi connectivity index (χ4n) is 1.91. The van der Waals surface area contributed by atoms with Crippen molar-refractivity contribution in [3.05, 3.63) is 29.3 Å². The number of carboxylic acid groups (broad SMARTS) is 1. The van der Waals surface area contributed by atoms with Gasteiger partial charge in [0.1, 0.15) is 0 Å². The monoisotopic (exact) mass is 301 g/mol. The number of methoxy groups -OCH3 is 1. The topological polar surface area (TPSA) is 83.9 Å². The summed E-state index contributed by atoms with van der Waals surface area (Å²) in [5.41, 5.74) is 0.240. The van der Waals surface area contributed by atoms with Crippen LogP contribution in [0.5, 0.6) is 0 Å². The largest absolute Gasteiger partial charge is 0.478 e. The van der Waals surface area contributed by atoms with Crippen LogP contribution in [0.4, 0.5) is 0 Å². The van der Waals surface area contributed by atoms with Crippen LogP contribution in [-0.4, -0.2) is 50.6 Å². The molecule has 20 heavy (non-hydrogen) atoms. The molecule has 0 saturated heterocycles. The molecule has 1 aromatic carbocycles. The highest BCUT2D eigenvalue weighted by atomic mass is 32.2. The number of aromatic carboxylic acids is 1. The molecule has 0 amide bonds. The van der Waals surface area contributed by atoms with Gasteiger partial charge in [-0.05, 0) is 24.6 Å². The highest BCUT2D eigenvalue weighted by Crippen LogP contribution is 2.22. The van der Waals surface area contributed by atoms with Gasteiger partial charge in [0.15, 0.2) is 0 Å². The first-order valence-corrected chi connectivity index (χ1v) is 7.62. The Kier molecular flexibility index (Phi) is 5.67. The summed E-state index contributed by atoms with van der Waals surface area (Å²) in [5.74, 6) is -1.14. The molecule has 1 aromatic rings. The predicted molar refractivity (Wildman–Crippen MR) is 74.4 cm³/mol. The minimum absolute atomic E-state index is 0.00568. The third-order valence-corrected chi connectivity index (χ3v) is 5.15. The van der Waals surface area contributed by atoms with Crippen molar-refractivity contribution in [2.24, 2.45) is 0 Å². The van der Waals surface area contributed by atoms with Gasteiger partial charge in [-0.2, -0.15) is 4.31 Å². The molecule has 0 radical (unpaired) electrons. The number of nitrogens with zero attached hydrogens (tertiary/aromatic N) is 1. The maximum Gasteiger partial charge on any atom is 0.335 e. The third-order valence-electron chi connectivity index (χ3n) is 3.03. The maximum atomic E-state index is 12.5. The van der Waals surface area contributed by atoms with E-state index in [0.29, 0.717) is 6.54 Å². The van der Waals surface area contributed by atoms with Gasteiger partial charge in [0.25, 0.3) is 0 Å². The highest BCUT2D eigenvalue weighted by Gasteiger charge is 2.26. The zero-order valence-corrected chi connectivity index (χ0v) is 12.6. The van der Waals surface area contributed by atoms with Gasteiger partial charge >= 0.3 is 5.97 Å². The molecular weight excluding hydrogens is 282 g/mol. The van der Waals surface area contributed by atoms with E-state index in [1.165, 1.54) is 36.5 Å². The molecular formula is C13H19NO5S. The molecule has 1 rings (SSSR count). The number of rotatable bonds is 7. The lowest BCUT2D eigenvalue weighted by atomic mass is 10.1. The molecule has 0 aromatic heterocycles. The molecule has 0 heterocycles. The van der Waals surface area contributed by atoms with Gasteiger partial charge in [-0.1, -0.05) is 13.0 Å². The van der Waals surface area contributed by atoms with Gasteiger partial charge in [0.2, 0.25) is 10.0 Å². The Morgan fingerprint density at radius 2 is 2.05 bits per heavy atom. The summed E-state index contributed by atoms with van der Waals surface area (Å²) in [6.07, 6.45) is 0. The second-order valence-electron chi connectivity index (χ2n) is 4.22. The SMILES string of the molecule is CCN(CCOC)S(=O)(=O)c1cccc(C(=O)O)c1C. The van der Waals surface area contributed by atoms with Crippen LogP contribution in [0.2, 0.25) is 0 Å². The van der Waals surface area contributed by atoms with Crippen LogP contribution < -0.4 is 0 Å². The Labute approximate surface area is 119 Å². The van der Waals surface area contributed by atoms with Crippen molar-refractivity contribution in [1.82, 2.24) is 4.31 Å². The van der Waals surface area contributed by atoms with E-state index in [9.17, 15) is 13.2 Å². The van der Waals surface area contributed by atoms with Gasteiger partial charge < -0.3 is 9.84 Å². The first-order valence-electron chi connectivity index (χ1n) is 6.18. The van der Waals surface area contributed by atoms with Crippen LogP contribution in [0, 0.1) is 6.92 Å². The van der Waals surface area contributed by atoms with E-state index in [4.69, 9.17) is 9.84 Å². The summed E-state index contributed by atoms with van der Waals surface area (Å²) in [7, 11) is -2.22. The third kappa shape index (κ3) is 3.36. The first kappa shape index (κ1) is 16.6. The number of hydrogen-bond donors (Lipinski definition) is 1. The van der Waals surface area contributed by atoms with E-state index in [0.717, 1.165) is 0 Å². The van der Waals surface area contributed by atoms with Crippen molar-refractivity contribution in [1.29, 1.82) is 0 Å². The summed E-state index contributed by atoms with van der Waals surface area (Å²) in [6.45, 7) is 4.03. The number of carboxylic acids is 1. The van der Waals surface area contributed by atoms with Crippen molar-refractivity contribution in [3.8, 4) is 0 Å². The Hall–Kier alpha value is -1.44. The summed E-state index contributed by atoms with van der Waals surface area (Å²) < 4.78 is 31.3. The number of benzene rings is 1. The van der Waals surface area contributed by atoms with Crippen LogP contribution in [0.15, 0.2) is 23.1 Å². The lowest BCUT2D eigenvalue weighted by Crippen LogP contribution is -2.34. The summed E-state index contributed by atoms with van der Waals surface area (Å²) in [6, 6.07) is 4.25. The van der Waals surface area contributed by atoms with Crippen molar-refractivity contribution in [2.75, 3.05) is 26.8 Å². The smallest absolute Gasteiger partial charge is 0.335 e. The zero-order chi connectivity index (χ0) is 15.3. The van der Waals surface area contributed by atoms with Crippen molar-refractivity contribution in [3.63, 3.8) is 0 Å². The predicted octanol–water partition coefficient (Wildman–Crippen LogP) is 1.35. The average molecular weight is 301 g/mol. The number of sulfonamides is 1. The maximum absolute atomic E-state index is 12.5. The van der Waals surface area contributed by atoms with Gasteiger partial charge in [0.05, 0.1) is 17.1 Å². The lowest BCUT2D eigenvalue weighted by Gasteiger charge is -2.21. The Morgan fingerprint density at radius 3 is 2.55 bits per heavy atom. The van der Waals surface area contributed by atoms with E-state index in [1.807, 2.05) is 0 Å². The lowest BCUT2D eigenvalue weighted by molar-refractivity contribution is 0.0696. The van der Waals surface area contributed by atoms with Gasteiger partial charge in [-0.3, -0.25) is 0 Å². The first-order chi connectivity index (χ1) is 9.36. The molecule has 0 fully saturated rings. The number of likely N-dealkylation sites (N-methyl/N-ethyl adjacent to an activating group) is 1. The van der Waals surface area contributed by atoms with E-state index in [-0.39, 0.29) is 29.2 Å². The molecule has 0 bridgehead atoms. The number of carbonyl (C=O) groups is 1. The van der Waals surface area contributed by atoms with E-state index < -0.39 is 16.0 Å². The van der Waals surface area contributed by atoms with Crippen molar-refractivity contribution >= 4 is 16.0 Å². The normalized spacial score (nSPS) is 11.8. The fourth-order valence-corrected chi connectivity index (χ4v) is 3.59. The van der Waals surface area contributed by atoms with Crippen molar-refractivity contribution in [2.45, 2.75) is 18.7 Å². The van der Waals surface area contributed by atoms with Crippen LogP contribution in [0.3, 0.4) is 0 Å². The minimum atomic E-state index is -3.72. The van der Waals surface area contributed by atoms with E-state index >= 15 is 0 Å². The standard InChI is InChI=1S/C13H19NO5S/c1-4-14(8-9-19-3)20(17,18)12-7-5-6-11(10(12)2)13(15)16/h5-7H,4,8-9H2,1-3H3,(H,15,16). The Bertz CT molecular complexity index is 582. The summed E-state index contributed by atoms with van der Waals surface area (Å²) in [5, 5.41) is 9.06. The molecule has 0 aliphatic rings. The average Bonchev–Trinajstić information content (AvgIpc) is 2.39. The fraction of sp³-hybridized carbons (Fsp3) is 0.462. The van der Waals surface area contributed by atoms with E-state index in [1.54, 1.807) is 6.92 Å². The van der Waals surface area contributed by atoms with Crippen molar-refractivity contribution < 1.29 is 23.1 Å². The van der Waals surface area contributed by atoms with Crippen LogP contribution in [0.1, 0.15) is 22.8 Å². The summed E-state index contributed by atoms with van der Waals surface area (Å²) >= 11 is 0. The Balaban J connectivity index is 3.27. The molecule has 1 N–H and O–H groups in total. The molecule has 0 atom stereocenters. The molecule has 112 valence electrons. The molecule has 0 unspecified atom stereocenters. The van der Waals surface area contributed by atoms with Gasteiger partial charge in [0, 0.05) is 20.2 Å². The molecule has 0 aliphatic carbocycles. The molecule has 6 nitrogen and oxygen atoms in total. The van der Waals surface area contributed by atoms with Crippen LogP contribution >= 0.6 is 0 Å². The van der Waals surface area contributed by atoms with Gasteiger partial charge in [-0.15, -0.1) is 0 Å². The second-order valence-corrected chi connectivity index (χ2v) is 6.13. The second kappa shape index (κ2) is 6.83. The molecule has 0 saturated carbocycles. The van der Waals surface area contributed by atoms with Gasteiger partial charge in [-0.25, -0.2) is 13.2 Å². The number of hydrogen-bond acceptors (Lipinski definition) is 4. The van der Waals surface area contributed by atoms with Crippen LogP contribution in [-0.2, 0) is 14.8 Å². The van der Waals surface area contributed by atoms with Crippen LogP contribution in [0.25, 0.3) is 0 Å². The molecule has 0 aliphatic heterocycles. The van der Waals surface area contributed by atoms with E-state index in [2.05, 4.69) is 0 Å². The zero-order valence-electron chi connectivity index (χ0n) is 11.8. The molecule has 0 spiro atoms. The summed E-state index contributed by atoms with van der Waals surface area (Å²) in [4.78, 5) is 11.1. The minimum Gasteiger partial charge on any atom is -0.478 e.